The lowest BCUT2D eigenvalue weighted by Gasteiger charge is -2.33. The second-order valence-corrected chi connectivity index (χ2v) is 7.29. The van der Waals surface area contributed by atoms with Crippen LogP contribution in [-0.2, 0) is 4.74 Å². The quantitative estimate of drug-likeness (QED) is 0.503. The van der Waals surface area contributed by atoms with E-state index >= 15 is 0 Å². The maximum absolute atomic E-state index is 12.7. The van der Waals surface area contributed by atoms with E-state index in [2.05, 4.69) is 0 Å². The number of imide groups is 1. The first-order valence-corrected chi connectivity index (χ1v) is 9.11. The van der Waals surface area contributed by atoms with Crippen LogP contribution >= 0.6 is 0 Å². The van der Waals surface area contributed by atoms with Crippen molar-refractivity contribution in [1.29, 1.82) is 0 Å². The minimum Gasteiger partial charge on any atom is -0.497 e. The smallest absolute Gasteiger partial charge is 0.262 e. The van der Waals surface area contributed by atoms with Crippen LogP contribution < -0.4 is 9.47 Å². The molecule has 0 fully saturated rings. The van der Waals surface area contributed by atoms with E-state index in [1.807, 2.05) is 0 Å². The summed E-state index contributed by atoms with van der Waals surface area (Å²) in [7, 11) is 3.00. The van der Waals surface area contributed by atoms with Gasteiger partial charge in [-0.3, -0.25) is 19.3 Å². The molecule has 0 atom stereocenters. The summed E-state index contributed by atoms with van der Waals surface area (Å²) in [6, 6.07) is 11.6. The van der Waals surface area contributed by atoms with Crippen LogP contribution in [0.5, 0.6) is 11.5 Å². The number of amides is 2. The van der Waals surface area contributed by atoms with E-state index in [-0.39, 0.29) is 30.8 Å². The molecule has 0 radical (unpaired) electrons. The highest BCUT2D eigenvalue weighted by Crippen LogP contribution is 2.30. The molecule has 0 unspecified atom stereocenters. The molecule has 0 spiro atoms. The number of benzene rings is 2. The Bertz CT molecular complexity index is 931. The average molecular weight is 397 g/mol. The van der Waals surface area contributed by atoms with Crippen LogP contribution in [-0.4, -0.2) is 55.5 Å². The Morgan fingerprint density at radius 2 is 1.59 bits per heavy atom. The van der Waals surface area contributed by atoms with Gasteiger partial charge in [-0.1, -0.05) is 12.1 Å². The monoisotopic (exact) mass is 397 g/mol. The molecule has 0 saturated carbocycles. The van der Waals surface area contributed by atoms with E-state index in [1.54, 1.807) is 56.3 Å². The van der Waals surface area contributed by atoms with Gasteiger partial charge in [-0.25, -0.2) is 0 Å². The molecule has 1 aliphatic rings. The van der Waals surface area contributed by atoms with Crippen molar-refractivity contribution in [2.45, 2.75) is 19.4 Å². The van der Waals surface area contributed by atoms with Gasteiger partial charge in [-0.15, -0.1) is 0 Å². The van der Waals surface area contributed by atoms with E-state index in [1.165, 1.54) is 19.1 Å². The van der Waals surface area contributed by atoms with Crippen molar-refractivity contribution in [3.8, 4) is 11.5 Å². The molecule has 152 valence electrons. The molecule has 2 amide bonds. The molecule has 0 bridgehead atoms. The van der Waals surface area contributed by atoms with Crippen molar-refractivity contribution in [1.82, 2.24) is 4.90 Å². The van der Waals surface area contributed by atoms with Gasteiger partial charge < -0.3 is 14.2 Å². The van der Waals surface area contributed by atoms with Crippen molar-refractivity contribution in [2.24, 2.45) is 0 Å². The summed E-state index contributed by atoms with van der Waals surface area (Å²) in [6.45, 7) is 3.26. The summed E-state index contributed by atoms with van der Waals surface area (Å²) in [4.78, 5) is 39.1. The summed E-state index contributed by atoms with van der Waals surface area (Å²) < 4.78 is 16.0. The van der Waals surface area contributed by atoms with Crippen LogP contribution in [0.4, 0.5) is 0 Å². The standard InChI is InChI=1S/C22H23NO6/c1-22(2,23-20(25)15-7-5-6-8-16(15)21(23)26)13-29-12-18(24)17-10-9-14(27-3)11-19(17)28-4/h5-11H,12-13H2,1-4H3. The van der Waals surface area contributed by atoms with Crippen molar-refractivity contribution < 1.29 is 28.6 Å². The molecule has 29 heavy (non-hydrogen) atoms. The average Bonchev–Trinajstić information content (AvgIpc) is 2.98. The fraction of sp³-hybridized carbons (Fsp3) is 0.318. The van der Waals surface area contributed by atoms with Gasteiger partial charge in [-0.05, 0) is 38.1 Å². The van der Waals surface area contributed by atoms with Gasteiger partial charge >= 0.3 is 0 Å². The topological polar surface area (TPSA) is 82.1 Å². The lowest BCUT2D eigenvalue weighted by molar-refractivity contribution is 0.0178. The predicted molar refractivity (Wildman–Crippen MR) is 106 cm³/mol. The van der Waals surface area contributed by atoms with Gasteiger partial charge in [0, 0.05) is 6.07 Å². The van der Waals surface area contributed by atoms with Crippen LogP contribution in [0.15, 0.2) is 42.5 Å². The van der Waals surface area contributed by atoms with E-state index in [0.29, 0.717) is 28.2 Å². The molecular formula is C22H23NO6. The van der Waals surface area contributed by atoms with Gasteiger partial charge in [0.15, 0.2) is 5.78 Å². The second kappa shape index (κ2) is 8.05. The highest BCUT2D eigenvalue weighted by atomic mass is 16.5. The van der Waals surface area contributed by atoms with Crippen molar-refractivity contribution in [3.05, 3.63) is 59.2 Å². The fourth-order valence-electron chi connectivity index (χ4n) is 3.30. The van der Waals surface area contributed by atoms with Crippen LogP contribution in [0.1, 0.15) is 44.9 Å². The lowest BCUT2D eigenvalue weighted by Crippen LogP contribution is -2.50. The maximum Gasteiger partial charge on any atom is 0.262 e. The summed E-state index contributed by atoms with van der Waals surface area (Å²) >= 11 is 0. The van der Waals surface area contributed by atoms with Gasteiger partial charge in [-0.2, -0.15) is 0 Å². The lowest BCUT2D eigenvalue weighted by atomic mass is 10.0. The summed E-state index contributed by atoms with van der Waals surface area (Å²) in [5.74, 6) is -0.0315. The van der Waals surface area contributed by atoms with Gasteiger partial charge in [0.25, 0.3) is 11.8 Å². The third kappa shape index (κ3) is 3.86. The Morgan fingerprint density at radius 1 is 0.966 bits per heavy atom. The highest BCUT2D eigenvalue weighted by Gasteiger charge is 2.44. The number of ketones is 1. The van der Waals surface area contributed by atoms with E-state index in [9.17, 15) is 14.4 Å². The first-order valence-electron chi connectivity index (χ1n) is 9.11. The van der Waals surface area contributed by atoms with Crippen LogP contribution in [0.25, 0.3) is 0 Å². The number of hydrogen-bond donors (Lipinski definition) is 0. The van der Waals surface area contributed by atoms with E-state index < -0.39 is 5.54 Å². The van der Waals surface area contributed by atoms with Gasteiger partial charge in [0.1, 0.15) is 18.1 Å². The summed E-state index contributed by atoms with van der Waals surface area (Å²) in [5, 5.41) is 0. The molecule has 2 aromatic rings. The molecule has 3 rings (SSSR count). The zero-order valence-corrected chi connectivity index (χ0v) is 16.9. The van der Waals surface area contributed by atoms with Crippen molar-refractivity contribution >= 4 is 17.6 Å². The third-order valence-corrected chi connectivity index (χ3v) is 4.80. The van der Waals surface area contributed by atoms with Crippen LogP contribution in [0.3, 0.4) is 0 Å². The molecule has 0 aliphatic carbocycles. The van der Waals surface area contributed by atoms with Gasteiger partial charge in [0.2, 0.25) is 0 Å². The molecule has 1 heterocycles. The first-order chi connectivity index (χ1) is 13.8. The van der Waals surface area contributed by atoms with Gasteiger partial charge in [0.05, 0.1) is 43.1 Å². The Labute approximate surface area is 169 Å². The predicted octanol–water partition coefficient (Wildman–Crippen LogP) is 2.98. The molecule has 0 aromatic heterocycles. The zero-order chi connectivity index (χ0) is 21.2. The Morgan fingerprint density at radius 3 is 2.14 bits per heavy atom. The molecule has 2 aromatic carbocycles. The molecular weight excluding hydrogens is 374 g/mol. The Balaban J connectivity index is 1.67. The zero-order valence-electron chi connectivity index (χ0n) is 16.9. The summed E-state index contributed by atoms with van der Waals surface area (Å²) in [5.41, 5.74) is 0.207. The number of fused-ring (bicyclic) bond motifs is 1. The Hall–Kier alpha value is -3.19. The number of methoxy groups -OCH3 is 2. The first kappa shape index (κ1) is 20.5. The third-order valence-electron chi connectivity index (χ3n) is 4.80. The second-order valence-electron chi connectivity index (χ2n) is 7.29. The van der Waals surface area contributed by atoms with Crippen molar-refractivity contribution in [3.63, 3.8) is 0 Å². The van der Waals surface area contributed by atoms with E-state index in [0.717, 1.165) is 0 Å². The SMILES string of the molecule is COc1ccc(C(=O)COCC(C)(C)N2C(=O)c3ccccc3C2=O)c(OC)c1. The number of carbonyl (C=O) groups excluding carboxylic acids is 3. The number of rotatable bonds is 8. The fourth-order valence-corrected chi connectivity index (χ4v) is 3.30. The minimum absolute atomic E-state index is 0.0165. The Kier molecular flexibility index (Phi) is 5.70. The van der Waals surface area contributed by atoms with Crippen molar-refractivity contribution in [2.75, 3.05) is 27.4 Å². The highest BCUT2D eigenvalue weighted by molar-refractivity contribution is 6.21. The van der Waals surface area contributed by atoms with Crippen LogP contribution in [0, 0.1) is 0 Å². The number of nitrogens with zero attached hydrogens (tertiary/aromatic N) is 1. The number of Topliss-reactive ketones (excluding diaryl/α,β-unsaturated/α-hetero) is 1. The summed E-state index contributed by atoms with van der Waals surface area (Å²) in [6.07, 6.45) is 0. The molecule has 0 saturated heterocycles. The molecule has 7 nitrogen and oxygen atoms in total. The van der Waals surface area contributed by atoms with Crippen LogP contribution in [0.2, 0.25) is 0 Å². The van der Waals surface area contributed by atoms with E-state index in [4.69, 9.17) is 14.2 Å². The maximum atomic E-state index is 12.7. The number of carbonyl (C=O) groups is 3. The normalized spacial score (nSPS) is 13.4. The molecule has 7 heteroatoms. The molecule has 1 aliphatic heterocycles. The minimum atomic E-state index is -0.919. The number of ether oxygens (including phenoxy) is 3. The molecule has 0 N–H and O–H groups in total. The number of hydrogen-bond acceptors (Lipinski definition) is 6. The largest absolute Gasteiger partial charge is 0.497 e.